The van der Waals surface area contributed by atoms with Gasteiger partial charge in [-0.3, -0.25) is 0 Å². The van der Waals surface area contributed by atoms with Gasteiger partial charge < -0.3 is 0 Å². The van der Waals surface area contributed by atoms with Crippen molar-refractivity contribution in [2.45, 2.75) is 18.6 Å². The zero-order chi connectivity index (χ0) is 9.19. The van der Waals surface area contributed by atoms with E-state index in [4.69, 9.17) is 0 Å². The van der Waals surface area contributed by atoms with Crippen molar-refractivity contribution in [1.29, 1.82) is 0 Å². The van der Waals surface area contributed by atoms with E-state index in [2.05, 4.69) is 12.6 Å². The summed E-state index contributed by atoms with van der Waals surface area (Å²) in [5.74, 6) is -2.26. The molecule has 0 heterocycles. The fraction of sp³-hybridized carbons (Fsp3) is 0.333. The lowest BCUT2D eigenvalue weighted by atomic mass is 10.1. The molecule has 0 aliphatic rings. The number of rotatable bonds is 2. The summed E-state index contributed by atoms with van der Waals surface area (Å²) in [5.41, 5.74) is 0.867. The van der Waals surface area contributed by atoms with Crippen LogP contribution < -0.4 is 0 Å². The minimum atomic E-state index is -2.75. The first-order valence-corrected chi connectivity index (χ1v) is 4.25. The first kappa shape index (κ1) is 9.52. The highest BCUT2D eigenvalue weighted by Crippen LogP contribution is 2.27. The summed E-state index contributed by atoms with van der Waals surface area (Å²) in [5, 5.41) is 0. The standard InChI is InChI=1S/C9H10F2S/c1-9(10,11)8-4-2-3-7(5-8)6-12/h2-5,12H,6H2,1H3. The van der Waals surface area contributed by atoms with Crippen LogP contribution in [0, 0.1) is 0 Å². The summed E-state index contributed by atoms with van der Waals surface area (Å²) in [6.07, 6.45) is 0. The summed E-state index contributed by atoms with van der Waals surface area (Å²) in [4.78, 5) is 0. The second kappa shape index (κ2) is 3.44. The molecule has 0 atom stereocenters. The van der Waals surface area contributed by atoms with Gasteiger partial charge in [-0.1, -0.05) is 18.2 Å². The minimum absolute atomic E-state index is 0.0500. The van der Waals surface area contributed by atoms with Gasteiger partial charge in [0, 0.05) is 18.2 Å². The second-order valence-corrected chi connectivity index (χ2v) is 3.06. The van der Waals surface area contributed by atoms with E-state index in [1.807, 2.05) is 0 Å². The zero-order valence-electron chi connectivity index (χ0n) is 6.72. The maximum absolute atomic E-state index is 12.7. The minimum Gasteiger partial charge on any atom is -0.202 e. The number of hydrogen-bond donors (Lipinski definition) is 1. The first-order chi connectivity index (χ1) is 5.54. The van der Waals surface area contributed by atoms with Crippen molar-refractivity contribution in [1.82, 2.24) is 0 Å². The Morgan fingerprint density at radius 3 is 2.58 bits per heavy atom. The van der Waals surface area contributed by atoms with E-state index >= 15 is 0 Å². The molecule has 0 fully saturated rings. The third-order valence-corrected chi connectivity index (χ3v) is 1.98. The molecule has 0 bridgehead atoms. The lowest BCUT2D eigenvalue weighted by molar-refractivity contribution is 0.0174. The molecular weight excluding hydrogens is 178 g/mol. The normalized spacial score (nSPS) is 11.7. The molecule has 0 spiro atoms. The van der Waals surface area contributed by atoms with Crippen molar-refractivity contribution >= 4 is 12.6 Å². The summed E-state index contributed by atoms with van der Waals surface area (Å²) in [6, 6.07) is 6.31. The lowest BCUT2D eigenvalue weighted by Gasteiger charge is -2.10. The van der Waals surface area contributed by atoms with Crippen LogP contribution >= 0.6 is 12.6 Å². The van der Waals surface area contributed by atoms with Crippen molar-refractivity contribution in [2.24, 2.45) is 0 Å². The molecule has 0 saturated heterocycles. The Morgan fingerprint density at radius 1 is 1.42 bits per heavy atom. The van der Waals surface area contributed by atoms with Gasteiger partial charge in [-0.2, -0.15) is 12.6 Å². The molecule has 0 amide bonds. The van der Waals surface area contributed by atoms with Crippen molar-refractivity contribution in [2.75, 3.05) is 0 Å². The van der Waals surface area contributed by atoms with Crippen LogP contribution in [0.15, 0.2) is 24.3 Å². The monoisotopic (exact) mass is 188 g/mol. The van der Waals surface area contributed by atoms with Gasteiger partial charge >= 0.3 is 0 Å². The number of alkyl halides is 2. The molecule has 0 radical (unpaired) electrons. The van der Waals surface area contributed by atoms with E-state index in [9.17, 15) is 8.78 Å². The Labute approximate surface area is 76.0 Å². The van der Waals surface area contributed by atoms with Gasteiger partial charge in [-0.05, 0) is 11.6 Å². The van der Waals surface area contributed by atoms with Crippen LogP contribution in [0.4, 0.5) is 8.78 Å². The molecule has 1 aromatic rings. The smallest absolute Gasteiger partial charge is 0.202 e. The largest absolute Gasteiger partial charge is 0.270 e. The predicted molar refractivity (Wildman–Crippen MR) is 48.7 cm³/mol. The molecule has 0 aromatic heterocycles. The molecule has 0 aliphatic carbocycles. The molecule has 66 valence electrons. The van der Waals surface area contributed by atoms with Crippen molar-refractivity contribution < 1.29 is 8.78 Å². The molecule has 12 heavy (non-hydrogen) atoms. The average Bonchev–Trinajstić information content (AvgIpc) is 2.03. The van der Waals surface area contributed by atoms with Crippen molar-refractivity contribution in [3.8, 4) is 0 Å². The average molecular weight is 188 g/mol. The first-order valence-electron chi connectivity index (χ1n) is 3.62. The zero-order valence-corrected chi connectivity index (χ0v) is 7.61. The van der Waals surface area contributed by atoms with Crippen LogP contribution in [0.25, 0.3) is 0 Å². The van der Waals surface area contributed by atoms with Gasteiger partial charge in [0.05, 0.1) is 0 Å². The molecule has 1 rings (SSSR count). The van der Waals surface area contributed by atoms with Crippen LogP contribution in [0.1, 0.15) is 18.1 Å². The van der Waals surface area contributed by atoms with Gasteiger partial charge in [0.15, 0.2) is 0 Å². The number of halogens is 2. The number of hydrogen-bond acceptors (Lipinski definition) is 1. The van der Waals surface area contributed by atoms with E-state index < -0.39 is 5.92 Å². The Kier molecular flexibility index (Phi) is 2.73. The predicted octanol–water partition coefficient (Wildman–Crippen LogP) is 3.23. The van der Waals surface area contributed by atoms with Gasteiger partial charge in [0.25, 0.3) is 5.92 Å². The summed E-state index contributed by atoms with van der Waals surface area (Å²) in [7, 11) is 0. The fourth-order valence-electron chi connectivity index (χ4n) is 0.943. The molecule has 0 nitrogen and oxygen atoms in total. The molecule has 0 aliphatic heterocycles. The maximum atomic E-state index is 12.7. The van der Waals surface area contributed by atoms with E-state index in [-0.39, 0.29) is 5.56 Å². The van der Waals surface area contributed by atoms with Crippen LogP contribution in [-0.2, 0) is 11.7 Å². The third-order valence-electron chi connectivity index (χ3n) is 1.62. The van der Waals surface area contributed by atoms with Crippen LogP contribution in [-0.4, -0.2) is 0 Å². The van der Waals surface area contributed by atoms with Crippen LogP contribution in [0.2, 0.25) is 0 Å². The van der Waals surface area contributed by atoms with E-state index in [1.54, 1.807) is 12.1 Å². The molecule has 0 saturated carbocycles. The highest BCUT2D eigenvalue weighted by Gasteiger charge is 2.23. The lowest BCUT2D eigenvalue weighted by Crippen LogP contribution is -2.06. The van der Waals surface area contributed by atoms with Gasteiger partial charge in [0.2, 0.25) is 0 Å². The molecule has 1 aromatic carbocycles. The Balaban J connectivity index is 3.02. The molecular formula is C9H10F2S. The molecule has 0 N–H and O–H groups in total. The third kappa shape index (κ3) is 2.21. The van der Waals surface area contributed by atoms with Gasteiger partial charge in [-0.15, -0.1) is 0 Å². The summed E-state index contributed by atoms with van der Waals surface area (Å²) >= 11 is 4.01. The number of thiol groups is 1. The molecule has 0 unspecified atom stereocenters. The highest BCUT2D eigenvalue weighted by atomic mass is 32.1. The quantitative estimate of drug-likeness (QED) is 0.677. The van der Waals surface area contributed by atoms with Crippen molar-refractivity contribution in [3.05, 3.63) is 35.4 Å². The summed E-state index contributed by atoms with van der Waals surface area (Å²) < 4.78 is 25.5. The number of benzene rings is 1. The fourth-order valence-corrected chi connectivity index (χ4v) is 1.14. The maximum Gasteiger partial charge on any atom is 0.270 e. The SMILES string of the molecule is CC(F)(F)c1cccc(CS)c1. The van der Waals surface area contributed by atoms with E-state index in [1.165, 1.54) is 12.1 Å². The Hall–Kier alpha value is -0.570. The van der Waals surface area contributed by atoms with E-state index in [0.29, 0.717) is 5.75 Å². The molecule has 3 heteroatoms. The Morgan fingerprint density at radius 2 is 2.08 bits per heavy atom. The summed E-state index contributed by atoms with van der Waals surface area (Å²) in [6.45, 7) is 0.893. The van der Waals surface area contributed by atoms with Crippen LogP contribution in [0.5, 0.6) is 0 Å². The topological polar surface area (TPSA) is 0 Å². The van der Waals surface area contributed by atoms with Crippen molar-refractivity contribution in [3.63, 3.8) is 0 Å². The highest BCUT2D eigenvalue weighted by molar-refractivity contribution is 7.79. The van der Waals surface area contributed by atoms with Gasteiger partial charge in [0.1, 0.15) is 0 Å². The van der Waals surface area contributed by atoms with E-state index in [0.717, 1.165) is 12.5 Å². The Bertz CT molecular complexity index is 265. The van der Waals surface area contributed by atoms with Crippen LogP contribution in [0.3, 0.4) is 0 Å². The second-order valence-electron chi connectivity index (χ2n) is 2.75. The van der Waals surface area contributed by atoms with Gasteiger partial charge in [-0.25, -0.2) is 8.78 Å².